The number of nitrogens with zero attached hydrogens (tertiary/aromatic N) is 4. The first kappa shape index (κ1) is 22.0. The molecule has 4 rings (SSSR count). The first-order valence-electron chi connectivity index (χ1n) is 11.2. The van der Waals surface area contributed by atoms with Crippen molar-refractivity contribution in [2.75, 3.05) is 25.0 Å². The first-order valence-corrected chi connectivity index (χ1v) is 11.2. The third-order valence-corrected chi connectivity index (χ3v) is 6.07. The van der Waals surface area contributed by atoms with Crippen molar-refractivity contribution in [3.63, 3.8) is 0 Å². The van der Waals surface area contributed by atoms with Gasteiger partial charge < -0.3 is 15.5 Å². The third kappa shape index (κ3) is 5.35. The van der Waals surface area contributed by atoms with Gasteiger partial charge in [-0.3, -0.25) is 9.36 Å². The summed E-state index contributed by atoms with van der Waals surface area (Å²) in [5.74, 6) is 0.332. The van der Waals surface area contributed by atoms with E-state index in [9.17, 15) is 18.8 Å². The monoisotopic (exact) mass is 444 g/mol. The minimum Gasteiger partial charge on any atom is -0.341 e. The number of hydrogen-bond donors (Lipinski definition) is 2. The fourth-order valence-corrected chi connectivity index (χ4v) is 4.39. The predicted octanol–water partition coefficient (Wildman–Crippen LogP) is 1.97. The number of benzene rings is 1. The highest BCUT2D eigenvalue weighted by molar-refractivity contribution is 5.89. The van der Waals surface area contributed by atoms with E-state index in [1.165, 1.54) is 22.9 Å². The summed E-state index contributed by atoms with van der Waals surface area (Å²) in [5.41, 5.74) is 0.173. The molecule has 2 N–H and O–H groups in total. The van der Waals surface area contributed by atoms with Crippen molar-refractivity contribution in [1.29, 1.82) is 0 Å². The molecule has 0 saturated carbocycles. The number of carbonyl (C=O) groups is 2. The molecule has 3 heterocycles. The number of piperidine rings is 1. The zero-order chi connectivity index (χ0) is 22.5. The fourth-order valence-electron chi connectivity index (χ4n) is 4.39. The molecule has 1 aromatic carbocycles. The molecule has 0 radical (unpaired) electrons. The van der Waals surface area contributed by atoms with Crippen LogP contribution in [0.4, 0.5) is 14.9 Å². The van der Waals surface area contributed by atoms with Crippen molar-refractivity contribution in [3.05, 3.63) is 46.4 Å². The number of amides is 3. The van der Waals surface area contributed by atoms with Gasteiger partial charge in [0.25, 0.3) is 0 Å². The summed E-state index contributed by atoms with van der Waals surface area (Å²) in [4.78, 5) is 39.3. The van der Waals surface area contributed by atoms with E-state index in [2.05, 4.69) is 15.7 Å². The Bertz CT molecular complexity index is 1030. The van der Waals surface area contributed by atoms with Crippen molar-refractivity contribution < 1.29 is 14.0 Å². The Morgan fingerprint density at radius 3 is 2.88 bits per heavy atom. The number of likely N-dealkylation sites (tertiary alicyclic amines) is 1. The first-order chi connectivity index (χ1) is 15.5. The smallest absolute Gasteiger partial charge is 0.341 e. The molecule has 9 nitrogen and oxygen atoms in total. The number of hydrogen-bond acceptors (Lipinski definition) is 4. The quantitative estimate of drug-likeness (QED) is 0.736. The molecule has 1 saturated heterocycles. The number of fused-ring (bicyclic) bond motifs is 1. The Morgan fingerprint density at radius 1 is 1.16 bits per heavy atom. The number of nitrogens with one attached hydrogen (secondary N) is 2. The van der Waals surface area contributed by atoms with E-state index in [-0.39, 0.29) is 24.1 Å². The summed E-state index contributed by atoms with van der Waals surface area (Å²) in [6.07, 6.45) is 5.55. The van der Waals surface area contributed by atoms with Gasteiger partial charge in [-0.15, -0.1) is 0 Å². The summed E-state index contributed by atoms with van der Waals surface area (Å²) in [5, 5.41) is 9.80. The summed E-state index contributed by atoms with van der Waals surface area (Å²) in [7, 11) is 0. The lowest BCUT2D eigenvalue weighted by Gasteiger charge is -2.32. The standard InChI is InChI=1S/C22H29FN6O3/c23-17-7-4-8-18(12-17)25-21(31)24-13-16-6-5-10-27(14-16)20(30)15-29-22(32)28-11-3-1-2-9-19(28)26-29/h4,7-8,12,16H,1-3,5-6,9-11,13-15H2,(H2,24,25,31). The molecule has 1 atom stereocenters. The van der Waals surface area contributed by atoms with Gasteiger partial charge in [0.2, 0.25) is 5.91 Å². The second-order valence-electron chi connectivity index (χ2n) is 8.51. The number of urea groups is 1. The van der Waals surface area contributed by atoms with Crippen LogP contribution < -0.4 is 16.3 Å². The molecule has 2 aliphatic heterocycles. The maximum absolute atomic E-state index is 13.2. The molecule has 1 fully saturated rings. The van der Waals surface area contributed by atoms with E-state index in [1.54, 1.807) is 15.5 Å². The second kappa shape index (κ2) is 9.97. The second-order valence-corrected chi connectivity index (χ2v) is 8.51. The highest BCUT2D eigenvalue weighted by Gasteiger charge is 2.26. The van der Waals surface area contributed by atoms with E-state index in [1.807, 2.05) is 0 Å². The normalized spacial score (nSPS) is 18.5. The molecule has 2 aromatic rings. The van der Waals surface area contributed by atoms with Gasteiger partial charge in [-0.2, -0.15) is 5.10 Å². The SMILES string of the molecule is O=C(NCC1CCCN(C(=O)Cn2nc3n(c2=O)CCCCC3)C1)Nc1cccc(F)c1. The molecule has 1 aromatic heterocycles. The fraction of sp³-hybridized carbons (Fsp3) is 0.545. The van der Waals surface area contributed by atoms with Crippen LogP contribution in [0.5, 0.6) is 0 Å². The van der Waals surface area contributed by atoms with Crippen molar-refractivity contribution in [2.24, 2.45) is 5.92 Å². The van der Waals surface area contributed by atoms with Crippen molar-refractivity contribution in [2.45, 2.75) is 51.6 Å². The minimum absolute atomic E-state index is 0.0565. The molecule has 32 heavy (non-hydrogen) atoms. The summed E-state index contributed by atoms with van der Waals surface area (Å²) < 4.78 is 16.2. The maximum Gasteiger partial charge on any atom is 0.346 e. The average Bonchev–Trinajstić information content (AvgIpc) is 2.93. The van der Waals surface area contributed by atoms with E-state index >= 15 is 0 Å². The van der Waals surface area contributed by atoms with Crippen molar-refractivity contribution >= 4 is 17.6 Å². The molecular formula is C22H29FN6O3. The summed E-state index contributed by atoms with van der Waals surface area (Å²) in [6, 6.07) is 5.29. The van der Waals surface area contributed by atoms with E-state index in [0.29, 0.717) is 31.9 Å². The van der Waals surface area contributed by atoms with Crippen LogP contribution in [-0.2, 0) is 24.3 Å². The molecule has 10 heteroatoms. The van der Waals surface area contributed by atoms with Gasteiger partial charge in [0.1, 0.15) is 18.2 Å². The number of carbonyl (C=O) groups excluding carboxylic acids is 2. The van der Waals surface area contributed by atoms with Crippen LogP contribution in [0, 0.1) is 11.7 Å². The number of rotatable bonds is 5. The molecular weight excluding hydrogens is 415 g/mol. The van der Waals surface area contributed by atoms with Crippen LogP contribution >= 0.6 is 0 Å². The molecule has 0 aliphatic carbocycles. The molecule has 1 unspecified atom stereocenters. The van der Waals surface area contributed by atoms with Crippen LogP contribution in [0.15, 0.2) is 29.1 Å². The zero-order valence-corrected chi connectivity index (χ0v) is 18.1. The number of aryl methyl sites for hydroxylation is 1. The number of anilines is 1. The topological polar surface area (TPSA) is 101 Å². The van der Waals surface area contributed by atoms with Gasteiger partial charge in [-0.1, -0.05) is 12.5 Å². The predicted molar refractivity (Wildman–Crippen MR) is 117 cm³/mol. The number of aromatic nitrogens is 3. The van der Waals surface area contributed by atoms with Gasteiger partial charge in [-0.25, -0.2) is 18.7 Å². The molecule has 3 amide bonds. The largest absolute Gasteiger partial charge is 0.346 e. The van der Waals surface area contributed by atoms with Crippen LogP contribution in [0.3, 0.4) is 0 Å². The van der Waals surface area contributed by atoms with Crippen molar-refractivity contribution in [3.8, 4) is 0 Å². The Labute approximate surface area is 185 Å². The van der Waals surface area contributed by atoms with Crippen molar-refractivity contribution in [1.82, 2.24) is 24.6 Å². The minimum atomic E-state index is -0.419. The Kier molecular flexibility index (Phi) is 6.87. The van der Waals surface area contributed by atoms with E-state index in [0.717, 1.165) is 44.3 Å². The Balaban J connectivity index is 1.28. The molecule has 172 valence electrons. The average molecular weight is 445 g/mol. The lowest BCUT2D eigenvalue weighted by Crippen LogP contribution is -2.46. The van der Waals surface area contributed by atoms with Crippen LogP contribution in [-0.4, -0.2) is 50.8 Å². The molecule has 2 aliphatic rings. The summed E-state index contributed by atoms with van der Waals surface area (Å²) in [6.45, 7) is 2.16. The van der Waals surface area contributed by atoms with Gasteiger partial charge in [0.15, 0.2) is 0 Å². The highest BCUT2D eigenvalue weighted by Crippen LogP contribution is 2.17. The Morgan fingerprint density at radius 2 is 2.03 bits per heavy atom. The van der Waals surface area contributed by atoms with Crippen LogP contribution in [0.2, 0.25) is 0 Å². The highest BCUT2D eigenvalue weighted by atomic mass is 19.1. The van der Waals surface area contributed by atoms with Gasteiger partial charge >= 0.3 is 11.7 Å². The van der Waals surface area contributed by atoms with Crippen LogP contribution in [0.1, 0.15) is 37.9 Å². The van der Waals surface area contributed by atoms with E-state index in [4.69, 9.17) is 0 Å². The lowest BCUT2D eigenvalue weighted by molar-refractivity contribution is -0.133. The lowest BCUT2D eigenvalue weighted by atomic mass is 9.98. The third-order valence-electron chi connectivity index (χ3n) is 6.07. The van der Waals surface area contributed by atoms with Gasteiger partial charge in [0.05, 0.1) is 0 Å². The Hall–Kier alpha value is -3.17. The number of halogens is 1. The van der Waals surface area contributed by atoms with E-state index < -0.39 is 11.8 Å². The summed E-state index contributed by atoms with van der Waals surface area (Å²) >= 11 is 0. The zero-order valence-electron chi connectivity index (χ0n) is 18.1. The van der Waals surface area contributed by atoms with Gasteiger partial charge in [-0.05, 0) is 49.8 Å². The van der Waals surface area contributed by atoms with Gasteiger partial charge in [0, 0.05) is 38.3 Å². The van der Waals surface area contributed by atoms with Crippen LogP contribution in [0.25, 0.3) is 0 Å². The maximum atomic E-state index is 13.2. The molecule has 0 spiro atoms. The molecule has 0 bridgehead atoms.